The van der Waals surface area contributed by atoms with Crippen molar-refractivity contribution in [3.05, 3.63) is 320 Å². The molecule has 0 aliphatic rings. The largest absolute Gasteiger partial charge is 0.418 e. The third-order valence-electron chi connectivity index (χ3n) is 17.2. The summed E-state index contributed by atoms with van der Waals surface area (Å²) >= 11 is 0. The lowest BCUT2D eigenvalue weighted by Gasteiger charge is -2.22. The zero-order valence-electron chi connectivity index (χ0n) is 49.1. The third kappa shape index (κ3) is 10.0. The standard InChI is InChI=1S/C82H50F3N7/c1-86-61-28-14-27-56(45-61)62-50-81(92-78-43-39-59(74-35-17-31-70(89-74)54-23-10-4-11-24-54)48-65(78)66-49-60(40-44-79(66)92)75-36-18-32-71(90-75)55-25-12-5-13-26-55)67(82(83,84)85)51-80(62)91-76-41-37-57(72-33-15-29-68(87-72)52-19-6-2-7-20-52)46-63(76)64-47-58(38-42-77(64)91)73-34-16-30-69(88-73)53-21-8-3-9-22-53/h2-51H. The van der Waals surface area contributed by atoms with Crippen molar-refractivity contribution in [2.45, 2.75) is 6.18 Å². The Bertz CT molecular complexity index is 5300. The zero-order chi connectivity index (χ0) is 61.9. The van der Waals surface area contributed by atoms with Crippen LogP contribution in [-0.4, -0.2) is 29.1 Å². The van der Waals surface area contributed by atoms with E-state index in [4.69, 9.17) is 26.5 Å². The Hall–Kier alpha value is -12.3. The molecule has 434 valence electrons. The fraction of sp³-hybridized carbons (Fsp3) is 0.0122. The monoisotopic (exact) mass is 1190 g/mol. The van der Waals surface area contributed by atoms with E-state index < -0.39 is 11.7 Å². The van der Waals surface area contributed by atoms with Crippen LogP contribution < -0.4 is 0 Å². The van der Waals surface area contributed by atoms with Gasteiger partial charge < -0.3 is 9.13 Å². The topological polar surface area (TPSA) is 65.8 Å². The average Bonchev–Trinajstić information content (AvgIpc) is 1.55. The van der Waals surface area contributed by atoms with Gasteiger partial charge in [0.1, 0.15) is 0 Å². The molecule has 0 radical (unpaired) electrons. The molecule has 16 rings (SSSR count). The molecule has 6 aromatic heterocycles. The van der Waals surface area contributed by atoms with Crippen LogP contribution in [0.4, 0.5) is 18.9 Å². The number of rotatable bonds is 11. The van der Waals surface area contributed by atoms with Crippen LogP contribution in [0.5, 0.6) is 0 Å². The Kier molecular flexibility index (Phi) is 13.6. The van der Waals surface area contributed by atoms with Crippen LogP contribution in [-0.2, 0) is 6.18 Å². The summed E-state index contributed by atoms with van der Waals surface area (Å²) < 4.78 is 54.6. The number of hydrogen-bond acceptors (Lipinski definition) is 4. The molecule has 7 nitrogen and oxygen atoms in total. The van der Waals surface area contributed by atoms with Gasteiger partial charge in [-0.05, 0) is 121 Å². The maximum absolute atomic E-state index is 17.0. The summed E-state index contributed by atoms with van der Waals surface area (Å²) in [5.41, 5.74) is 16.4. The zero-order valence-corrected chi connectivity index (χ0v) is 49.1. The van der Waals surface area contributed by atoms with E-state index in [0.717, 1.165) is 100 Å². The molecule has 0 atom stereocenters. The van der Waals surface area contributed by atoms with Gasteiger partial charge in [0.05, 0.1) is 91.1 Å². The van der Waals surface area contributed by atoms with Crippen molar-refractivity contribution >= 4 is 49.3 Å². The number of pyridine rings is 4. The fourth-order valence-electron chi connectivity index (χ4n) is 12.8. The highest BCUT2D eigenvalue weighted by molar-refractivity contribution is 6.14. The first kappa shape index (κ1) is 55.0. The molecule has 0 N–H and O–H groups in total. The lowest BCUT2D eigenvalue weighted by Crippen LogP contribution is -2.13. The van der Waals surface area contributed by atoms with Gasteiger partial charge in [-0.25, -0.2) is 24.8 Å². The van der Waals surface area contributed by atoms with Gasteiger partial charge in [0.15, 0.2) is 5.69 Å². The van der Waals surface area contributed by atoms with Gasteiger partial charge in [-0.2, -0.15) is 13.2 Å². The lowest BCUT2D eigenvalue weighted by atomic mass is 9.98. The first-order chi connectivity index (χ1) is 45.2. The molecule has 0 saturated carbocycles. The van der Waals surface area contributed by atoms with Gasteiger partial charge in [0, 0.05) is 71.6 Å². The van der Waals surface area contributed by atoms with Crippen molar-refractivity contribution in [2.24, 2.45) is 0 Å². The molecule has 0 aliphatic heterocycles. The Balaban J connectivity index is 0.947. The highest BCUT2D eigenvalue weighted by Crippen LogP contribution is 2.47. The summed E-state index contributed by atoms with van der Waals surface area (Å²) in [6.07, 6.45) is -4.89. The Morgan fingerprint density at radius 1 is 0.272 bits per heavy atom. The molecule has 0 spiro atoms. The number of hydrogen-bond donors (Lipinski definition) is 0. The quantitative estimate of drug-likeness (QED) is 0.121. The van der Waals surface area contributed by atoms with Crippen molar-refractivity contribution in [3.8, 4) is 113 Å². The molecule has 10 heteroatoms. The number of nitrogens with zero attached hydrogens (tertiary/aromatic N) is 7. The average molecular weight is 1190 g/mol. The lowest BCUT2D eigenvalue weighted by molar-refractivity contribution is -0.137. The Morgan fingerprint density at radius 2 is 0.565 bits per heavy atom. The second-order valence-electron chi connectivity index (χ2n) is 22.7. The van der Waals surface area contributed by atoms with Crippen molar-refractivity contribution in [2.75, 3.05) is 0 Å². The van der Waals surface area contributed by atoms with E-state index >= 15 is 13.2 Å². The summed E-state index contributed by atoms with van der Waals surface area (Å²) in [5.74, 6) is 0. The van der Waals surface area contributed by atoms with Crippen LogP contribution in [0.3, 0.4) is 0 Å². The summed E-state index contributed by atoms with van der Waals surface area (Å²) in [6, 6.07) is 97.6. The molecule has 0 amide bonds. The van der Waals surface area contributed by atoms with E-state index in [1.54, 1.807) is 28.8 Å². The predicted octanol–water partition coefficient (Wildman–Crippen LogP) is 22.0. The van der Waals surface area contributed by atoms with Crippen LogP contribution in [0.2, 0.25) is 0 Å². The van der Waals surface area contributed by atoms with Gasteiger partial charge in [-0.1, -0.05) is 188 Å². The van der Waals surface area contributed by atoms with Crippen molar-refractivity contribution in [3.63, 3.8) is 0 Å². The van der Waals surface area contributed by atoms with Crippen molar-refractivity contribution in [1.82, 2.24) is 29.1 Å². The van der Waals surface area contributed by atoms with Crippen LogP contribution >= 0.6 is 0 Å². The second kappa shape index (κ2) is 22.7. The number of benzene rings is 10. The molecule has 0 fully saturated rings. The molecule has 6 heterocycles. The fourth-order valence-corrected chi connectivity index (χ4v) is 12.8. The second-order valence-corrected chi connectivity index (χ2v) is 22.7. The van der Waals surface area contributed by atoms with Gasteiger partial charge in [0.25, 0.3) is 0 Å². The third-order valence-corrected chi connectivity index (χ3v) is 17.2. The van der Waals surface area contributed by atoms with E-state index in [2.05, 4.69) is 17.0 Å². The molecule has 16 aromatic rings. The highest BCUT2D eigenvalue weighted by atomic mass is 19.4. The van der Waals surface area contributed by atoms with Crippen LogP contribution in [0.15, 0.2) is 303 Å². The number of fused-ring (bicyclic) bond motifs is 6. The first-order valence-corrected chi connectivity index (χ1v) is 30.2. The minimum absolute atomic E-state index is 0.0857. The van der Waals surface area contributed by atoms with Crippen LogP contribution in [0.25, 0.3) is 161 Å². The van der Waals surface area contributed by atoms with Gasteiger partial charge >= 0.3 is 6.18 Å². The minimum Gasteiger partial charge on any atom is -0.309 e. The van der Waals surface area contributed by atoms with Crippen LogP contribution in [0, 0.1) is 6.57 Å². The van der Waals surface area contributed by atoms with Crippen molar-refractivity contribution < 1.29 is 13.2 Å². The van der Waals surface area contributed by atoms with Gasteiger partial charge in [-0.3, -0.25) is 0 Å². The summed E-state index contributed by atoms with van der Waals surface area (Å²) in [7, 11) is 0. The van der Waals surface area contributed by atoms with E-state index in [-0.39, 0.29) is 11.4 Å². The summed E-state index contributed by atoms with van der Waals surface area (Å²) in [6.45, 7) is 8.19. The molecular weight excluding hydrogens is 1140 g/mol. The van der Waals surface area contributed by atoms with Crippen LogP contribution in [0.1, 0.15) is 5.56 Å². The molecule has 0 bridgehead atoms. The number of aromatic nitrogens is 6. The SMILES string of the molecule is [C-]#[N+]c1cccc(-c2cc(-n3c4ccc(-c5cccc(-c6ccccc6)n5)cc4c4cc(-c5cccc(-c6ccccc6)n5)ccc43)c(C(F)(F)F)cc2-n2c3ccc(-c4cccc(-c5ccccc5)n4)cc3c3cc(-c4cccc(-c5ccccc5)n4)ccc32)c1. The minimum atomic E-state index is -4.89. The smallest absolute Gasteiger partial charge is 0.309 e. The van der Waals surface area contributed by atoms with E-state index in [0.29, 0.717) is 50.3 Å². The number of halogens is 3. The summed E-state index contributed by atoms with van der Waals surface area (Å²) in [5, 5.41) is 3.04. The molecule has 0 aliphatic carbocycles. The molecule has 92 heavy (non-hydrogen) atoms. The number of alkyl halides is 3. The first-order valence-electron chi connectivity index (χ1n) is 30.2. The maximum atomic E-state index is 17.0. The van der Waals surface area contributed by atoms with Gasteiger partial charge in [0.2, 0.25) is 0 Å². The Morgan fingerprint density at radius 3 is 0.880 bits per heavy atom. The van der Waals surface area contributed by atoms with E-state index in [1.165, 1.54) is 6.07 Å². The Labute approximate surface area is 527 Å². The predicted molar refractivity (Wildman–Crippen MR) is 366 cm³/mol. The molecule has 10 aromatic carbocycles. The normalized spacial score (nSPS) is 11.6. The van der Waals surface area contributed by atoms with E-state index in [9.17, 15) is 0 Å². The summed E-state index contributed by atoms with van der Waals surface area (Å²) in [4.78, 5) is 24.4. The molecular formula is C82H50F3N7. The maximum Gasteiger partial charge on any atom is 0.418 e. The van der Waals surface area contributed by atoms with Gasteiger partial charge in [-0.15, -0.1) is 0 Å². The van der Waals surface area contributed by atoms with Crippen molar-refractivity contribution in [1.29, 1.82) is 0 Å². The van der Waals surface area contributed by atoms with E-state index in [1.807, 2.05) is 265 Å². The molecule has 0 unspecified atom stereocenters. The molecule has 0 saturated heterocycles. The highest BCUT2D eigenvalue weighted by Gasteiger charge is 2.37.